The number of anilines is 2. The second kappa shape index (κ2) is 10.8. The van der Waals surface area contributed by atoms with Crippen molar-refractivity contribution in [2.75, 3.05) is 24.9 Å². The molecule has 1 aromatic carbocycles. The third-order valence-electron chi connectivity index (χ3n) is 5.52. The number of hydrogen-bond acceptors (Lipinski definition) is 8. The normalized spacial score (nSPS) is 14.4. The van der Waals surface area contributed by atoms with Crippen molar-refractivity contribution in [1.82, 2.24) is 5.16 Å². The molecule has 0 bridgehead atoms. The predicted octanol–water partition coefficient (Wildman–Crippen LogP) is 3.70. The van der Waals surface area contributed by atoms with Crippen molar-refractivity contribution in [2.24, 2.45) is 5.92 Å². The molecule has 1 saturated carbocycles. The molecule has 3 rings (SSSR count). The van der Waals surface area contributed by atoms with Crippen LogP contribution >= 0.6 is 0 Å². The fourth-order valence-electron chi connectivity index (χ4n) is 3.72. The molecule has 0 aliphatic heterocycles. The van der Waals surface area contributed by atoms with Crippen molar-refractivity contribution < 1.29 is 33.1 Å². The Kier molecular flexibility index (Phi) is 7.92. The van der Waals surface area contributed by atoms with Gasteiger partial charge in [0.2, 0.25) is 5.91 Å². The van der Waals surface area contributed by atoms with Gasteiger partial charge < -0.3 is 29.4 Å². The van der Waals surface area contributed by atoms with Crippen molar-refractivity contribution in [2.45, 2.75) is 52.1 Å². The van der Waals surface area contributed by atoms with Gasteiger partial charge in [0.25, 0.3) is 5.91 Å². The van der Waals surface area contributed by atoms with Crippen LogP contribution in [0.5, 0.6) is 11.5 Å². The lowest BCUT2D eigenvalue weighted by atomic mass is 10.1. The summed E-state index contributed by atoms with van der Waals surface area (Å²) in [6, 6.07) is 4.50. The molecule has 0 spiro atoms. The average Bonchev–Trinajstić information content (AvgIpc) is 3.48. The van der Waals surface area contributed by atoms with Crippen molar-refractivity contribution in [3.05, 3.63) is 29.5 Å². The molecule has 178 valence electrons. The topological polar surface area (TPSA) is 129 Å². The maximum atomic E-state index is 13.1. The van der Waals surface area contributed by atoms with Crippen molar-refractivity contribution in [1.29, 1.82) is 0 Å². The number of methoxy groups -OCH3 is 2. The molecule has 1 fully saturated rings. The number of ether oxygens (including phenoxy) is 3. The molecule has 1 unspecified atom stereocenters. The number of esters is 1. The monoisotopic (exact) mass is 459 g/mol. The molecule has 0 saturated heterocycles. The maximum Gasteiger partial charge on any atom is 0.341 e. The van der Waals surface area contributed by atoms with Crippen LogP contribution < -0.4 is 20.1 Å². The minimum Gasteiger partial charge on any atom is -0.493 e. The molecule has 1 aliphatic rings. The van der Waals surface area contributed by atoms with Gasteiger partial charge in [-0.3, -0.25) is 9.59 Å². The minimum absolute atomic E-state index is 0.0579. The Morgan fingerprint density at radius 1 is 1.09 bits per heavy atom. The Balaban J connectivity index is 1.82. The highest BCUT2D eigenvalue weighted by atomic mass is 16.5. The number of carbonyl (C=O) groups is 3. The Hall–Kier alpha value is -3.56. The SMILES string of the molecule is CCC(OC(=O)c1cc(OC)c(OC)cc1NC(=O)C1CCCC1)C(=O)Nc1cc(C)on1. The van der Waals surface area contributed by atoms with Crippen LogP contribution in [0, 0.1) is 12.8 Å². The van der Waals surface area contributed by atoms with Gasteiger partial charge >= 0.3 is 5.97 Å². The van der Waals surface area contributed by atoms with Gasteiger partial charge in [0.05, 0.1) is 25.5 Å². The minimum atomic E-state index is -1.08. The Morgan fingerprint density at radius 2 is 1.76 bits per heavy atom. The van der Waals surface area contributed by atoms with Crippen molar-refractivity contribution in [3.63, 3.8) is 0 Å². The summed E-state index contributed by atoms with van der Waals surface area (Å²) in [5.74, 6) is -0.207. The summed E-state index contributed by atoms with van der Waals surface area (Å²) in [4.78, 5) is 38.4. The number of hydrogen-bond donors (Lipinski definition) is 2. The summed E-state index contributed by atoms with van der Waals surface area (Å²) in [7, 11) is 2.90. The number of rotatable bonds is 9. The van der Waals surface area contributed by atoms with Crippen LogP contribution in [-0.4, -0.2) is 43.3 Å². The molecule has 1 aliphatic carbocycles. The van der Waals surface area contributed by atoms with Crippen molar-refractivity contribution >= 4 is 29.3 Å². The molecule has 2 amide bonds. The summed E-state index contributed by atoms with van der Waals surface area (Å²) >= 11 is 0. The number of benzene rings is 1. The number of aromatic nitrogens is 1. The van der Waals surface area contributed by atoms with E-state index in [0.717, 1.165) is 25.7 Å². The van der Waals surface area contributed by atoms with Crippen LogP contribution in [0.25, 0.3) is 0 Å². The number of nitrogens with one attached hydrogen (secondary N) is 2. The second-order valence-electron chi connectivity index (χ2n) is 7.84. The van der Waals surface area contributed by atoms with E-state index in [1.54, 1.807) is 19.9 Å². The van der Waals surface area contributed by atoms with E-state index in [2.05, 4.69) is 15.8 Å². The van der Waals surface area contributed by atoms with Gasteiger partial charge in [-0.05, 0) is 26.2 Å². The van der Waals surface area contributed by atoms with E-state index in [4.69, 9.17) is 18.7 Å². The number of nitrogens with zero attached hydrogens (tertiary/aromatic N) is 1. The van der Waals surface area contributed by atoms with Crippen LogP contribution in [0.4, 0.5) is 11.5 Å². The van der Waals surface area contributed by atoms with E-state index in [1.807, 2.05) is 0 Å². The zero-order chi connectivity index (χ0) is 24.0. The quantitative estimate of drug-likeness (QED) is 0.543. The third-order valence-corrected chi connectivity index (χ3v) is 5.52. The van der Waals surface area contributed by atoms with E-state index in [1.165, 1.54) is 26.4 Å². The van der Waals surface area contributed by atoms with Gasteiger partial charge in [-0.2, -0.15) is 0 Å². The molecule has 10 heteroatoms. The highest BCUT2D eigenvalue weighted by Gasteiger charge is 2.28. The van der Waals surface area contributed by atoms with Crippen LogP contribution in [0.15, 0.2) is 22.7 Å². The van der Waals surface area contributed by atoms with E-state index in [-0.39, 0.29) is 35.3 Å². The molecule has 2 aromatic rings. The molecule has 0 radical (unpaired) electrons. The standard InChI is InChI=1S/C23H29N3O7/c1-5-17(22(28)25-20-10-13(2)33-26-20)32-23(29)15-11-18(30-3)19(31-4)12-16(15)24-21(27)14-8-6-7-9-14/h10-12,14,17H,5-9H2,1-4H3,(H,24,27)(H,25,26,28). The molecule has 1 aromatic heterocycles. The molecule has 33 heavy (non-hydrogen) atoms. The Morgan fingerprint density at radius 3 is 2.33 bits per heavy atom. The van der Waals surface area contributed by atoms with Gasteiger partial charge in [0.15, 0.2) is 23.4 Å². The van der Waals surface area contributed by atoms with Gasteiger partial charge in [-0.15, -0.1) is 0 Å². The van der Waals surface area contributed by atoms with Crippen molar-refractivity contribution in [3.8, 4) is 11.5 Å². The van der Waals surface area contributed by atoms with Crippen LogP contribution in [-0.2, 0) is 14.3 Å². The number of aryl methyl sites for hydroxylation is 1. The van der Waals surface area contributed by atoms with Crippen LogP contribution in [0.3, 0.4) is 0 Å². The molecular formula is C23H29N3O7. The van der Waals surface area contributed by atoms with Gasteiger partial charge in [-0.25, -0.2) is 4.79 Å². The molecular weight excluding hydrogens is 430 g/mol. The molecule has 1 heterocycles. The maximum absolute atomic E-state index is 13.1. The zero-order valence-corrected chi connectivity index (χ0v) is 19.2. The Bertz CT molecular complexity index is 1010. The van der Waals surface area contributed by atoms with Gasteiger partial charge in [0, 0.05) is 24.1 Å². The first-order valence-electron chi connectivity index (χ1n) is 10.9. The van der Waals surface area contributed by atoms with E-state index < -0.39 is 18.0 Å². The summed E-state index contributed by atoms with van der Waals surface area (Å²) in [6.45, 7) is 3.40. The zero-order valence-electron chi connectivity index (χ0n) is 19.2. The smallest absolute Gasteiger partial charge is 0.341 e. The van der Waals surface area contributed by atoms with Gasteiger partial charge in [-0.1, -0.05) is 24.9 Å². The fraction of sp³-hybridized carbons (Fsp3) is 0.478. The van der Waals surface area contributed by atoms with E-state index >= 15 is 0 Å². The van der Waals surface area contributed by atoms with E-state index in [0.29, 0.717) is 17.3 Å². The first-order valence-corrected chi connectivity index (χ1v) is 10.9. The fourth-order valence-corrected chi connectivity index (χ4v) is 3.72. The number of carbonyl (C=O) groups excluding carboxylic acids is 3. The molecule has 1 atom stereocenters. The lowest BCUT2D eigenvalue weighted by Crippen LogP contribution is -2.32. The lowest BCUT2D eigenvalue weighted by Gasteiger charge is -2.19. The Labute approximate surface area is 191 Å². The first-order chi connectivity index (χ1) is 15.9. The summed E-state index contributed by atoms with van der Waals surface area (Å²) in [6.07, 6.45) is 2.75. The molecule has 10 nitrogen and oxygen atoms in total. The predicted molar refractivity (Wildman–Crippen MR) is 119 cm³/mol. The highest BCUT2D eigenvalue weighted by Crippen LogP contribution is 2.35. The van der Waals surface area contributed by atoms with Crippen LogP contribution in [0.2, 0.25) is 0 Å². The molecule has 2 N–H and O–H groups in total. The largest absolute Gasteiger partial charge is 0.493 e. The summed E-state index contributed by atoms with van der Waals surface area (Å²) < 4.78 is 21.0. The first kappa shape index (κ1) is 24.1. The average molecular weight is 459 g/mol. The van der Waals surface area contributed by atoms with Gasteiger partial charge in [0.1, 0.15) is 5.76 Å². The summed E-state index contributed by atoms with van der Waals surface area (Å²) in [5, 5.41) is 9.09. The summed E-state index contributed by atoms with van der Waals surface area (Å²) in [5.41, 5.74) is 0.291. The second-order valence-corrected chi connectivity index (χ2v) is 7.84. The lowest BCUT2D eigenvalue weighted by molar-refractivity contribution is -0.124. The van der Waals surface area contributed by atoms with Crippen LogP contribution in [0.1, 0.15) is 55.1 Å². The van der Waals surface area contributed by atoms with E-state index in [9.17, 15) is 14.4 Å². The highest BCUT2D eigenvalue weighted by molar-refractivity contribution is 6.04. The third kappa shape index (κ3) is 5.82. The number of amides is 2.